The Kier molecular flexibility index (Phi) is 45.1. The van der Waals surface area contributed by atoms with Crippen LogP contribution in [0.25, 0.3) is 0 Å². The van der Waals surface area contributed by atoms with Gasteiger partial charge in [0.2, 0.25) is 5.91 Å². The first-order valence-electron chi connectivity index (χ1n) is 26.5. The maximum Gasteiger partial charge on any atom is 0.472 e. The highest BCUT2D eigenvalue weighted by molar-refractivity contribution is 7.47. The van der Waals surface area contributed by atoms with Crippen LogP contribution >= 0.6 is 7.82 Å². The Morgan fingerprint density at radius 2 is 0.923 bits per heavy atom. The van der Waals surface area contributed by atoms with Crippen molar-refractivity contribution in [1.29, 1.82) is 0 Å². The van der Waals surface area contributed by atoms with E-state index in [0.717, 1.165) is 83.5 Å². The quantitative estimate of drug-likeness (QED) is 0.0243. The number of carbonyl (C=O) groups excluding carboxylic acids is 1. The Morgan fingerprint density at radius 3 is 1.35 bits per heavy atom. The molecule has 0 bridgehead atoms. The molecule has 3 unspecified atom stereocenters. The van der Waals surface area contributed by atoms with Gasteiger partial charge < -0.3 is 19.8 Å². The molecule has 9 heteroatoms. The van der Waals surface area contributed by atoms with Crippen molar-refractivity contribution < 1.29 is 32.9 Å². The number of hydrogen-bond donors (Lipinski definition) is 3. The summed E-state index contributed by atoms with van der Waals surface area (Å²) in [6, 6.07) is -0.765. The maximum atomic E-state index is 12.9. The molecular weight excluding hydrogens is 828 g/mol. The summed E-state index contributed by atoms with van der Waals surface area (Å²) in [5, 5.41) is 13.9. The van der Waals surface area contributed by atoms with Crippen molar-refractivity contribution in [1.82, 2.24) is 5.32 Å². The summed E-state index contributed by atoms with van der Waals surface area (Å²) in [6.45, 7) is 4.74. The maximum absolute atomic E-state index is 12.9. The molecule has 8 nitrogen and oxygen atoms in total. The molecule has 0 fully saturated rings. The Labute approximate surface area is 401 Å². The van der Waals surface area contributed by atoms with E-state index in [-0.39, 0.29) is 19.1 Å². The van der Waals surface area contributed by atoms with Crippen LogP contribution in [-0.2, 0) is 18.4 Å². The fourth-order valence-electron chi connectivity index (χ4n) is 7.26. The van der Waals surface area contributed by atoms with Crippen LogP contribution in [0.5, 0.6) is 0 Å². The van der Waals surface area contributed by atoms with Crippen molar-refractivity contribution in [2.75, 3.05) is 40.9 Å². The molecule has 376 valence electrons. The zero-order chi connectivity index (χ0) is 47.8. The van der Waals surface area contributed by atoms with E-state index in [2.05, 4.69) is 104 Å². The van der Waals surface area contributed by atoms with E-state index in [1.807, 2.05) is 21.1 Å². The van der Waals surface area contributed by atoms with Crippen LogP contribution in [0.4, 0.5) is 0 Å². The summed E-state index contributed by atoms with van der Waals surface area (Å²) in [6.07, 6.45) is 64.9. The molecule has 0 heterocycles. The number of quaternary nitrogens is 1. The minimum Gasteiger partial charge on any atom is -0.391 e. The number of phosphoric ester groups is 1. The lowest BCUT2D eigenvalue weighted by molar-refractivity contribution is -0.870. The van der Waals surface area contributed by atoms with Gasteiger partial charge in [-0.2, -0.15) is 0 Å². The monoisotopic (exact) mass is 930 g/mol. The third-order valence-corrected chi connectivity index (χ3v) is 12.4. The van der Waals surface area contributed by atoms with E-state index in [9.17, 15) is 19.4 Å². The van der Waals surface area contributed by atoms with Crippen molar-refractivity contribution in [2.45, 2.75) is 225 Å². The highest BCUT2D eigenvalue weighted by Gasteiger charge is 2.28. The van der Waals surface area contributed by atoms with Crippen molar-refractivity contribution in [2.24, 2.45) is 0 Å². The minimum absolute atomic E-state index is 0.0706. The third-order valence-electron chi connectivity index (χ3n) is 11.4. The van der Waals surface area contributed by atoms with Gasteiger partial charge in [0, 0.05) is 6.42 Å². The van der Waals surface area contributed by atoms with Gasteiger partial charge in [-0.1, -0.05) is 221 Å². The number of allylic oxidation sites excluding steroid dienone is 14. The van der Waals surface area contributed by atoms with E-state index in [1.54, 1.807) is 0 Å². The zero-order valence-corrected chi connectivity index (χ0v) is 43.6. The Bertz CT molecular complexity index is 1330. The molecule has 0 aliphatic rings. The summed E-state index contributed by atoms with van der Waals surface area (Å²) in [7, 11) is 1.60. The van der Waals surface area contributed by atoms with Crippen LogP contribution < -0.4 is 5.32 Å². The molecule has 0 saturated carbocycles. The number of carbonyl (C=O) groups is 1. The average Bonchev–Trinajstić information content (AvgIpc) is 3.26. The van der Waals surface area contributed by atoms with E-state index in [4.69, 9.17) is 9.05 Å². The molecule has 0 aromatic carbocycles. The first-order valence-corrected chi connectivity index (χ1v) is 27.9. The topological polar surface area (TPSA) is 105 Å². The number of nitrogens with zero attached hydrogens (tertiary/aromatic N) is 1. The summed E-state index contributed by atoms with van der Waals surface area (Å²) in [5.74, 6) is -0.153. The van der Waals surface area contributed by atoms with E-state index < -0.39 is 20.0 Å². The summed E-state index contributed by atoms with van der Waals surface area (Å²) < 4.78 is 23.6. The predicted molar refractivity (Wildman–Crippen MR) is 281 cm³/mol. The van der Waals surface area contributed by atoms with Crippen LogP contribution in [0.2, 0.25) is 0 Å². The largest absolute Gasteiger partial charge is 0.472 e. The van der Waals surface area contributed by atoms with Crippen molar-refractivity contribution in [3.8, 4) is 0 Å². The smallest absolute Gasteiger partial charge is 0.391 e. The molecule has 0 radical (unpaired) electrons. The van der Waals surface area contributed by atoms with Gasteiger partial charge in [-0.25, -0.2) is 4.57 Å². The number of phosphoric acid groups is 1. The zero-order valence-electron chi connectivity index (χ0n) is 42.7. The third kappa shape index (κ3) is 49.4. The SMILES string of the molecule is CC/C=C\C/C=C\C/C=C\C/C=C\C/C=C\C/C=C\C/C=C\CCCCCCCCCCCCCC(=O)NC(COP(=O)(O)OCC[N+](C)(C)C)C(O)CCCCCCCCCCCC. The molecule has 65 heavy (non-hydrogen) atoms. The molecule has 0 aliphatic carbocycles. The molecule has 3 N–H and O–H groups in total. The van der Waals surface area contributed by atoms with Crippen LogP contribution in [0.15, 0.2) is 85.1 Å². The van der Waals surface area contributed by atoms with Crippen LogP contribution in [0, 0.1) is 0 Å². The fraction of sp³-hybridized carbons (Fsp3) is 0.732. The number of nitrogens with one attached hydrogen (secondary N) is 1. The molecule has 0 spiro atoms. The Balaban J connectivity index is 4.07. The van der Waals surface area contributed by atoms with Gasteiger partial charge in [-0.15, -0.1) is 0 Å². The first-order chi connectivity index (χ1) is 31.5. The average molecular weight is 930 g/mol. The summed E-state index contributed by atoms with van der Waals surface area (Å²) in [5.41, 5.74) is 0. The molecular formula is C56H102N2O6P+. The number of likely N-dealkylation sites (N-methyl/N-ethyl adjacent to an activating group) is 1. The standard InChI is InChI=1S/C56H101N2O6P/c1-6-8-10-12-14-16-18-19-20-21-22-23-24-25-26-27-28-29-30-31-32-33-34-35-36-37-38-39-40-42-44-46-48-50-56(60)57-54(53-64-65(61,62)63-52-51-58(3,4)5)55(59)49-47-45-43-41-17-15-13-11-9-7-2/h8,10,14,16,19-20,22-23,25-26,28-29,31-32,54-55,59H,6-7,9,11-13,15,17-18,21,24,27,30,33-53H2,1-5H3,(H-,57,60,61,62)/p+1/b10-8-,16-14-,20-19-,23-22-,26-25-,29-28-,32-31-. The molecule has 0 aromatic heterocycles. The molecule has 3 atom stereocenters. The lowest BCUT2D eigenvalue weighted by Gasteiger charge is -2.26. The molecule has 0 rings (SSSR count). The highest BCUT2D eigenvalue weighted by atomic mass is 31.2. The van der Waals surface area contributed by atoms with Crippen molar-refractivity contribution in [3.05, 3.63) is 85.1 Å². The fourth-order valence-corrected chi connectivity index (χ4v) is 8.00. The van der Waals surface area contributed by atoms with Gasteiger partial charge in [-0.3, -0.25) is 13.8 Å². The Hall–Kier alpha value is -2.32. The second-order valence-electron chi connectivity index (χ2n) is 18.9. The second kappa shape index (κ2) is 46.8. The first kappa shape index (κ1) is 62.7. The number of aliphatic hydroxyl groups excluding tert-OH is 1. The lowest BCUT2D eigenvalue weighted by Crippen LogP contribution is -2.46. The van der Waals surface area contributed by atoms with E-state index >= 15 is 0 Å². The van der Waals surface area contributed by atoms with Gasteiger partial charge in [-0.05, 0) is 70.6 Å². The van der Waals surface area contributed by atoms with Gasteiger partial charge in [0.25, 0.3) is 0 Å². The molecule has 1 amide bonds. The van der Waals surface area contributed by atoms with Crippen LogP contribution in [0.1, 0.15) is 213 Å². The lowest BCUT2D eigenvalue weighted by atomic mass is 10.0. The molecule has 0 saturated heterocycles. The van der Waals surface area contributed by atoms with E-state index in [0.29, 0.717) is 23.9 Å². The summed E-state index contributed by atoms with van der Waals surface area (Å²) in [4.78, 5) is 23.2. The van der Waals surface area contributed by atoms with Crippen molar-refractivity contribution in [3.63, 3.8) is 0 Å². The number of hydrogen-bond acceptors (Lipinski definition) is 5. The van der Waals surface area contributed by atoms with Crippen LogP contribution in [0.3, 0.4) is 0 Å². The second-order valence-corrected chi connectivity index (χ2v) is 20.3. The summed E-state index contributed by atoms with van der Waals surface area (Å²) >= 11 is 0. The Morgan fingerprint density at radius 1 is 0.538 bits per heavy atom. The van der Waals surface area contributed by atoms with Gasteiger partial charge in [0.1, 0.15) is 13.2 Å². The van der Waals surface area contributed by atoms with Gasteiger partial charge in [0.05, 0.1) is 39.9 Å². The number of amides is 1. The van der Waals surface area contributed by atoms with E-state index in [1.165, 1.54) is 103 Å². The van der Waals surface area contributed by atoms with Crippen molar-refractivity contribution >= 4 is 13.7 Å². The number of rotatable bonds is 47. The number of unbranched alkanes of at least 4 members (excludes halogenated alkanes) is 20. The molecule has 0 aromatic rings. The van der Waals surface area contributed by atoms with Gasteiger partial charge in [0.15, 0.2) is 0 Å². The normalized spacial score (nSPS) is 14.8. The predicted octanol–water partition coefficient (Wildman–Crippen LogP) is 15.7. The van der Waals surface area contributed by atoms with Crippen LogP contribution in [-0.4, -0.2) is 73.4 Å². The number of aliphatic hydroxyl groups is 1. The van der Waals surface area contributed by atoms with Gasteiger partial charge >= 0.3 is 7.82 Å². The molecule has 0 aliphatic heterocycles. The minimum atomic E-state index is -4.32. The highest BCUT2D eigenvalue weighted by Crippen LogP contribution is 2.43.